The van der Waals surface area contributed by atoms with Crippen molar-refractivity contribution < 1.29 is 14.0 Å². The minimum atomic E-state index is -0.396. The Labute approximate surface area is 107 Å². The normalized spacial score (nSPS) is 20.8. The Morgan fingerprint density at radius 1 is 1.33 bits per heavy atom. The maximum absolute atomic E-state index is 5.87. The fourth-order valence-corrected chi connectivity index (χ4v) is 2.46. The summed E-state index contributed by atoms with van der Waals surface area (Å²) in [7, 11) is 3.30. The van der Waals surface area contributed by atoms with Crippen molar-refractivity contribution in [2.24, 2.45) is 5.73 Å². The Balaban J connectivity index is 2.16. The molecule has 2 N–H and O–H groups in total. The number of nitrogens with zero attached hydrogens (tertiary/aromatic N) is 2. The van der Waals surface area contributed by atoms with Crippen LogP contribution in [-0.4, -0.2) is 31.0 Å². The Morgan fingerprint density at radius 2 is 2.06 bits per heavy atom. The van der Waals surface area contributed by atoms with Crippen molar-refractivity contribution in [2.75, 3.05) is 20.8 Å². The fourth-order valence-electron chi connectivity index (χ4n) is 2.46. The second-order valence-electron chi connectivity index (χ2n) is 4.78. The maximum Gasteiger partial charge on any atom is 0.246 e. The van der Waals surface area contributed by atoms with Gasteiger partial charge in [0.05, 0.1) is 6.61 Å². The molecule has 0 radical (unpaired) electrons. The second-order valence-corrected chi connectivity index (χ2v) is 4.78. The Hall–Kier alpha value is -0.980. The third-order valence-electron chi connectivity index (χ3n) is 3.56. The Morgan fingerprint density at radius 3 is 2.67 bits per heavy atom. The van der Waals surface area contributed by atoms with Gasteiger partial charge in [-0.05, 0) is 12.8 Å². The molecule has 18 heavy (non-hydrogen) atoms. The van der Waals surface area contributed by atoms with Crippen LogP contribution in [0, 0.1) is 0 Å². The molecule has 0 spiro atoms. The summed E-state index contributed by atoms with van der Waals surface area (Å²) >= 11 is 0. The van der Waals surface area contributed by atoms with Crippen LogP contribution in [-0.2, 0) is 15.1 Å². The molecule has 1 aliphatic carbocycles. The molecule has 1 fully saturated rings. The largest absolute Gasteiger partial charge is 0.383 e. The number of hydrogen-bond acceptors (Lipinski definition) is 6. The third-order valence-corrected chi connectivity index (χ3v) is 3.56. The average molecular weight is 255 g/mol. The summed E-state index contributed by atoms with van der Waals surface area (Å²) in [6, 6.07) is -0.381. The Kier molecular flexibility index (Phi) is 4.31. The van der Waals surface area contributed by atoms with Crippen molar-refractivity contribution in [3.05, 3.63) is 11.7 Å². The highest BCUT2D eigenvalue weighted by molar-refractivity contribution is 5.04. The molecule has 0 saturated heterocycles. The van der Waals surface area contributed by atoms with E-state index in [0.29, 0.717) is 18.3 Å². The zero-order valence-corrected chi connectivity index (χ0v) is 11.0. The van der Waals surface area contributed by atoms with E-state index >= 15 is 0 Å². The lowest BCUT2D eigenvalue weighted by Gasteiger charge is -2.32. The standard InChI is InChI=1S/C12H21N3O3/c1-16-8-9(13)10-14-11(15-18-10)12(17-2)6-4-3-5-7-12/h9H,3-8,13H2,1-2H3. The summed E-state index contributed by atoms with van der Waals surface area (Å²) in [4.78, 5) is 4.39. The first-order valence-corrected chi connectivity index (χ1v) is 6.35. The van der Waals surface area contributed by atoms with E-state index < -0.39 is 5.60 Å². The molecule has 1 aromatic heterocycles. The molecule has 6 heteroatoms. The van der Waals surface area contributed by atoms with Crippen LogP contribution in [0.25, 0.3) is 0 Å². The lowest BCUT2D eigenvalue weighted by atomic mass is 9.84. The topological polar surface area (TPSA) is 83.4 Å². The van der Waals surface area contributed by atoms with Crippen molar-refractivity contribution in [1.29, 1.82) is 0 Å². The molecule has 1 saturated carbocycles. The monoisotopic (exact) mass is 255 g/mol. The molecule has 1 aliphatic rings. The number of hydrogen-bond donors (Lipinski definition) is 1. The molecule has 1 heterocycles. The number of methoxy groups -OCH3 is 2. The fraction of sp³-hybridized carbons (Fsp3) is 0.833. The molecular formula is C12H21N3O3. The molecule has 1 aromatic rings. The maximum atomic E-state index is 5.87. The highest BCUT2D eigenvalue weighted by Crippen LogP contribution is 2.38. The van der Waals surface area contributed by atoms with Crippen molar-refractivity contribution >= 4 is 0 Å². The third kappa shape index (κ3) is 2.55. The van der Waals surface area contributed by atoms with E-state index in [-0.39, 0.29) is 6.04 Å². The van der Waals surface area contributed by atoms with Gasteiger partial charge in [-0.2, -0.15) is 4.98 Å². The minimum Gasteiger partial charge on any atom is -0.383 e. The van der Waals surface area contributed by atoms with Crippen molar-refractivity contribution in [3.8, 4) is 0 Å². The van der Waals surface area contributed by atoms with Crippen molar-refractivity contribution in [3.63, 3.8) is 0 Å². The van der Waals surface area contributed by atoms with Crippen LogP contribution in [0.1, 0.15) is 49.9 Å². The molecule has 102 valence electrons. The number of rotatable bonds is 5. The first kappa shape index (κ1) is 13.5. The van der Waals surface area contributed by atoms with E-state index in [2.05, 4.69) is 10.1 Å². The Bertz CT molecular complexity index is 374. The van der Waals surface area contributed by atoms with E-state index in [4.69, 9.17) is 19.7 Å². The van der Waals surface area contributed by atoms with Crippen LogP contribution in [0.4, 0.5) is 0 Å². The zero-order valence-electron chi connectivity index (χ0n) is 11.0. The van der Waals surface area contributed by atoms with E-state index in [1.54, 1.807) is 14.2 Å². The smallest absolute Gasteiger partial charge is 0.246 e. The number of nitrogens with two attached hydrogens (primary N) is 1. The lowest BCUT2D eigenvalue weighted by Crippen LogP contribution is -2.32. The van der Waals surface area contributed by atoms with Gasteiger partial charge in [-0.25, -0.2) is 0 Å². The van der Waals surface area contributed by atoms with Gasteiger partial charge >= 0.3 is 0 Å². The number of aromatic nitrogens is 2. The molecule has 0 bridgehead atoms. The van der Waals surface area contributed by atoms with Gasteiger partial charge < -0.3 is 19.7 Å². The van der Waals surface area contributed by atoms with Gasteiger partial charge in [0.25, 0.3) is 0 Å². The first-order chi connectivity index (χ1) is 8.72. The molecule has 2 rings (SSSR count). The summed E-state index contributed by atoms with van der Waals surface area (Å²) in [6.45, 7) is 0.363. The zero-order chi connectivity index (χ0) is 13.0. The van der Waals surface area contributed by atoms with E-state index in [0.717, 1.165) is 25.7 Å². The van der Waals surface area contributed by atoms with Crippen molar-refractivity contribution in [1.82, 2.24) is 10.1 Å². The molecule has 0 aromatic carbocycles. The summed E-state index contributed by atoms with van der Waals surface area (Å²) < 4.78 is 15.9. The lowest BCUT2D eigenvalue weighted by molar-refractivity contribution is -0.0527. The highest BCUT2D eigenvalue weighted by Gasteiger charge is 2.38. The van der Waals surface area contributed by atoms with Gasteiger partial charge in [0.2, 0.25) is 11.7 Å². The van der Waals surface area contributed by atoms with Gasteiger partial charge in [0, 0.05) is 14.2 Å². The van der Waals surface area contributed by atoms with Crippen LogP contribution in [0.5, 0.6) is 0 Å². The van der Waals surface area contributed by atoms with E-state index in [1.807, 2.05) is 0 Å². The van der Waals surface area contributed by atoms with Gasteiger partial charge in [0.15, 0.2) is 0 Å². The molecule has 0 amide bonds. The minimum absolute atomic E-state index is 0.363. The summed E-state index contributed by atoms with van der Waals surface area (Å²) in [6.07, 6.45) is 5.35. The second kappa shape index (κ2) is 5.77. The van der Waals surface area contributed by atoms with Gasteiger partial charge in [-0.15, -0.1) is 0 Å². The van der Waals surface area contributed by atoms with Gasteiger partial charge in [0.1, 0.15) is 11.6 Å². The first-order valence-electron chi connectivity index (χ1n) is 6.35. The number of ether oxygens (including phenoxy) is 2. The molecule has 1 unspecified atom stereocenters. The van der Waals surface area contributed by atoms with E-state index in [1.165, 1.54) is 6.42 Å². The predicted molar refractivity (Wildman–Crippen MR) is 64.9 cm³/mol. The average Bonchev–Trinajstić information content (AvgIpc) is 2.90. The summed E-state index contributed by atoms with van der Waals surface area (Å²) in [5, 5.41) is 4.04. The summed E-state index contributed by atoms with van der Waals surface area (Å²) in [5.74, 6) is 1.03. The molecule has 6 nitrogen and oxygen atoms in total. The predicted octanol–water partition coefficient (Wildman–Crippen LogP) is 1.52. The van der Waals surface area contributed by atoms with Crippen LogP contribution in [0.3, 0.4) is 0 Å². The van der Waals surface area contributed by atoms with E-state index in [9.17, 15) is 0 Å². The van der Waals surface area contributed by atoms with Crippen molar-refractivity contribution in [2.45, 2.75) is 43.7 Å². The van der Waals surface area contributed by atoms with Crippen LogP contribution < -0.4 is 5.73 Å². The van der Waals surface area contributed by atoms with Crippen LogP contribution in [0.15, 0.2) is 4.52 Å². The van der Waals surface area contributed by atoms with Crippen LogP contribution >= 0.6 is 0 Å². The van der Waals surface area contributed by atoms with Gasteiger partial charge in [-0.3, -0.25) is 0 Å². The molecular weight excluding hydrogens is 234 g/mol. The molecule has 1 atom stereocenters. The summed E-state index contributed by atoms with van der Waals surface area (Å²) in [5.41, 5.74) is 5.47. The highest BCUT2D eigenvalue weighted by atomic mass is 16.5. The van der Waals surface area contributed by atoms with Crippen LogP contribution in [0.2, 0.25) is 0 Å². The SMILES string of the molecule is COCC(N)c1nc(C2(OC)CCCCC2)no1. The quantitative estimate of drug-likeness (QED) is 0.858. The van der Waals surface area contributed by atoms with Gasteiger partial charge in [-0.1, -0.05) is 24.4 Å². The molecule has 0 aliphatic heterocycles.